The maximum atomic E-state index is 8.98. The summed E-state index contributed by atoms with van der Waals surface area (Å²) in [4.78, 5) is 0. The fourth-order valence-corrected chi connectivity index (χ4v) is 1.70. The average molecular weight is 237 g/mol. The summed E-state index contributed by atoms with van der Waals surface area (Å²) in [6, 6.07) is 17.3. The van der Waals surface area contributed by atoms with Crippen LogP contribution in [0.2, 0.25) is 0 Å². The lowest BCUT2D eigenvalue weighted by atomic mass is 10.0. The lowest BCUT2D eigenvalue weighted by Crippen LogP contribution is -1.90. The van der Waals surface area contributed by atoms with Crippen molar-refractivity contribution in [2.75, 3.05) is 0 Å². The molecule has 0 aliphatic carbocycles. The summed E-state index contributed by atoms with van der Waals surface area (Å²) in [5, 5.41) is 8.98. The first kappa shape index (κ1) is 12.2. The van der Waals surface area contributed by atoms with Gasteiger partial charge in [-0.05, 0) is 35.7 Å². The van der Waals surface area contributed by atoms with Gasteiger partial charge >= 0.3 is 0 Å². The van der Waals surface area contributed by atoms with E-state index in [0.717, 1.165) is 5.75 Å². The Hall–Kier alpha value is -2.27. The largest absolute Gasteiger partial charge is 0.456 e. The zero-order chi connectivity index (χ0) is 13.0. The Kier molecular flexibility index (Phi) is 3.64. The molecule has 0 unspecified atom stereocenters. The molecule has 0 aliphatic heterocycles. The van der Waals surface area contributed by atoms with Crippen LogP contribution in [0.3, 0.4) is 0 Å². The molecule has 0 spiro atoms. The molecule has 0 aliphatic rings. The summed E-state index contributed by atoms with van der Waals surface area (Å²) in [5.74, 6) is 1.85. The molecular weight excluding hydrogens is 222 g/mol. The number of para-hydroxylation sites is 1. The van der Waals surface area contributed by atoms with E-state index in [-0.39, 0.29) is 0 Å². The second-order valence-corrected chi connectivity index (χ2v) is 4.43. The molecule has 2 rings (SSSR count). The number of nitriles is 1. The molecular formula is C16H15NO. The molecule has 18 heavy (non-hydrogen) atoms. The zero-order valence-corrected chi connectivity index (χ0v) is 10.6. The van der Waals surface area contributed by atoms with E-state index in [4.69, 9.17) is 10.00 Å². The zero-order valence-electron chi connectivity index (χ0n) is 10.6. The first-order chi connectivity index (χ1) is 8.70. The van der Waals surface area contributed by atoms with Crippen LogP contribution < -0.4 is 4.74 Å². The van der Waals surface area contributed by atoms with Gasteiger partial charge in [0.05, 0.1) is 5.56 Å². The molecule has 0 saturated carbocycles. The van der Waals surface area contributed by atoms with E-state index >= 15 is 0 Å². The van der Waals surface area contributed by atoms with Crippen molar-refractivity contribution in [3.8, 4) is 17.6 Å². The quantitative estimate of drug-likeness (QED) is 0.788. The lowest BCUT2D eigenvalue weighted by molar-refractivity contribution is 0.481. The maximum absolute atomic E-state index is 8.98. The molecule has 2 aromatic rings. The molecule has 0 amide bonds. The van der Waals surface area contributed by atoms with E-state index in [1.807, 2.05) is 24.3 Å². The Labute approximate surface area is 107 Å². The van der Waals surface area contributed by atoms with Crippen LogP contribution in [0.25, 0.3) is 0 Å². The molecule has 0 saturated heterocycles. The number of hydrogen-bond donors (Lipinski definition) is 0. The van der Waals surface area contributed by atoms with Crippen molar-refractivity contribution in [3.63, 3.8) is 0 Å². The van der Waals surface area contributed by atoms with Crippen LogP contribution >= 0.6 is 0 Å². The SMILES string of the molecule is CC(C)c1ccc(Oc2ccccc2C#N)cc1. The van der Waals surface area contributed by atoms with Crippen molar-refractivity contribution >= 4 is 0 Å². The van der Waals surface area contributed by atoms with Crippen molar-refractivity contribution < 1.29 is 4.74 Å². The number of nitrogens with zero attached hydrogens (tertiary/aromatic N) is 1. The van der Waals surface area contributed by atoms with Crippen LogP contribution in [-0.4, -0.2) is 0 Å². The number of benzene rings is 2. The summed E-state index contributed by atoms with van der Waals surface area (Å²) in [6.07, 6.45) is 0. The topological polar surface area (TPSA) is 33.0 Å². The van der Waals surface area contributed by atoms with Crippen molar-refractivity contribution in [2.24, 2.45) is 0 Å². The Morgan fingerprint density at radius 3 is 2.28 bits per heavy atom. The lowest BCUT2D eigenvalue weighted by Gasteiger charge is -2.09. The molecule has 2 heteroatoms. The average Bonchev–Trinajstić information content (AvgIpc) is 2.40. The molecule has 0 bridgehead atoms. The highest BCUT2D eigenvalue weighted by molar-refractivity contribution is 5.45. The first-order valence-corrected chi connectivity index (χ1v) is 5.97. The van der Waals surface area contributed by atoms with E-state index in [1.165, 1.54) is 5.56 Å². The summed E-state index contributed by atoms with van der Waals surface area (Å²) < 4.78 is 5.71. The van der Waals surface area contributed by atoms with Gasteiger partial charge in [0.1, 0.15) is 17.6 Å². The fraction of sp³-hybridized carbons (Fsp3) is 0.188. The Morgan fingerprint density at radius 1 is 1.00 bits per heavy atom. The van der Waals surface area contributed by atoms with Gasteiger partial charge in [-0.2, -0.15) is 5.26 Å². The van der Waals surface area contributed by atoms with Crippen molar-refractivity contribution in [2.45, 2.75) is 19.8 Å². The van der Waals surface area contributed by atoms with Gasteiger partial charge in [-0.25, -0.2) is 0 Å². The minimum atomic E-state index is 0.505. The number of ether oxygens (including phenoxy) is 1. The van der Waals surface area contributed by atoms with E-state index in [1.54, 1.807) is 12.1 Å². The standard InChI is InChI=1S/C16H15NO/c1-12(2)13-7-9-15(10-8-13)18-16-6-4-3-5-14(16)11-17/h3-10,12H,1-2H3. The predicted molar refractivity (Wildman–Crippen MR) is 71.8 cm³/mol. The van der Waals surface area contributed by atoms with Gasteiger partial charge in [0.15, 0.2) is 0 Å². The molecule has 0 aromatic heterocycles. The summed E-state index contributed by atoms with van der Waals surface area (Å²) in [6.45, 7) is 4.31. The molecule has 0 heterocycles. The Morgan fingerprint density at radius 2 is 1.67 bits per heavy atom. The van der Waals surface area contributed by atoms with Crippen LogP contribution in [0.5, 0.6) is 11.5 Å². The molecule has 2 nitrogen and oxygen atoms in total. The summed E-state index contributed by atoms with van der Waals surface area (Å²) in [7, 11) is 0. The fourth-order valence-electron chi connectivity index (χ4n) is 1.70. The third kappa shape index (κ3) is 2.70. The van der Waals surface area contributed by atoms with Crippen LogP contribution in [0, 0.1) is 11.3 Å². The van der Waals surface area contributed by atoms with Gasteiger partial charge in [0.25, 0.3) is 0 Å². The van der Waals surface area contributed by atoms with Gasteiger partial charge in [0.2, 0.25) is 0 Å². The Balaban J connectivity index is 2.22. The summed E-state index contributed by atoms with van der Waals surface area (Å²) in [5.41, 5.74) is 1.82. The third-order valence-corrected chi connectivity index (χ3v) is 2.78. The maximum Gasteiger partial charge on any atom is 0.145 e. The molecule has 0 radical (unpaired) electrons. The molecule has 0 fully saturated rings. The van der Waals surface area contributed by atoms with Gasteiger partial charge in [-0.3, -0.25) is 0 Å². The van der Waals surface area contributed by atoms with Crippen LogP contribution in [0.15, 0.2) is 48.5 Å². The minimum Gasteiger partial charge on any atom is -0.456 e. The van der Waals surface area contributed by atoms with E-state index in [0.29, 0.717) is 17.2 Å². The Bertz CT molecular complexity index is 564. The summed E-state index contributed by atoms with van der Waals surface area (Å²) >= 11 is 0. The van der Waals surface area contributed by atoms with Crippen LogP contribution in [0.1, 0.15) is 30.9 Å². The smallest absolute Gasteiger partial charge is 0.145 e. The van der Waals surface area contributed by atoms with E-state index in [2.05, 4.69) is 32.0 Å². The van der Waals surface area contributed by atoms with Gasteiger partial charge < -0.3 is 4.74 Å². The first-order valence-electron chi connectivity index (χ1n) is 5.97. The van der Waals surface area contributed by atoms with E-state index in [9.17, 15) is 0 Å². The van der Waals surface area contributed by atoms with Crippen molar-refractivity contribution in [3.05, 3.63) is 59.7 Å². The van der Waals surface area contributed by atoms with E-state index < -0.39 is 0 Å². The highest BCUT2D eigenvalue weighted by Gasteiger charge is 2.04. The second kappa shape index (κ2) is 5.37. The second-order valence-electron chi connectivity index (χ2n) is 4.43. The molecule has 2 aromatic carbocycles. The normalized spacial score (nSPS) is 10.1. The third-order valence-electron chi connectivity index (χ3n) is 2.78. The number of rotatable bonds is 3. The highest BCUT2D eigenvalue weighted by atomic mass is 16.5. The van der Waals surface area contributed by atoms with Crippen molar-refractivity contribution in [1.29, 1.82) is 5.26 Å². The van der Waals surface area contributed by atoms with Crippen LogP contribution in [0.4, 0.5) is 0 Å². The van der Waals surface area contributed by atoms with Crippen LogP contribution in [-0.2, 0) is 0 Å². The van der Waals surface area contributed by atoms with Gasteiger partial charge in [-0.15, -0.1) is 0 Å². The minimum absolute atomic E-state index is 0.505. The molecule has 0 N–H and O–H groups in total. The van der Waals surface area contributed by atoms with Gasteiger partial charge in [-0.1, -0.05) is 38.1 Å². The highest BCUT2D eigenvalue weighted by Crippen LogP contribution is 2.26. The molecule has 90 valence electrons. The monoisotopic (exact) mass is 237 g/mol. The number of hydrogen-bond acceptors (Lipinski definition) is 2. The molecule has 0 atom stereocenters. The van der Waals surface area contributed by atoms with Crippen molar-refractivity contribution in [1.82, 2.24) is 0 Å². The predicted octanol–water partition coefficient (Wildman–Crippen LogP) is 4.47. The van der Waals surface area contributed by atoms with Gasteiger partial charge in [0, 0.05) is 0 Å².